The van der Waals surface area contributed by atoms with E-state index in [1.807, 2.05) is 0 Å². The Hall–Kier alpha value is -2.09. The number of benzene rings is 1. The summed E-state index contributed by atoms with van der Waals surface area (Å²) >= 11 is 0. The first kappa shape index (κ1) is 19.0. The van der Waals surface area contributed by atoms with E-state index < -0.39 is 24.3 Å². The van der Waals surface area contributed by atoms with E-state index >= 15 is 0 Å². The third kappa shape index (κ3) is 8.20. The summed E-state index contributed by atoms with van der Waals surface area (Å²) in [6.45, 7) is -0.146. The summed E-state index contributed by atoms with van der Waals surface area (Å²) in [5, 5.41) is 10.9. The molecule has 0 atom stereocenters. The van der Waals surface area contributed by atoms with Gasteiger partial charge in [0.25, 0.3) is 0 Å². The molecule has 0 bridgehead atoms. The quantitative estimate of drug-likeness (QED) is 0.680. The van der Waals surface area contributed by atoms with Crippen molar-refractivity contribution in [2.45, 2.75) is 25.4 Å². The number of carboxylic acids is 1. The molecule has 0 aliphatic rings. The van der Waals surface area contributed by atoms with Crippen LogP contribution < -0.4 is 5.32 Å². The maximum absolute atomic E-state index is 12.6. The number of aryl methyl sites for hydroxylation is 1. The highest BCUT2D eigenvalue weighted by Crippen LogP contribution is 2.29. The molecule has 5 nitrogen and oxygen atoms in total. The lowest BCUT2D eigenvalue weighted by Crippen LogP contribution is -2.27. The number of hydrogen-bond donors (Lipinski definition) is 2. The van der Waals surface area contributed by atoms with Crippen molar-refractivity contribution in [2.75, 3.05) is 19.8 Å². The molecule has 1 aromatic rings. The van der Waals surface area contributed by atoms with E-state index in [-0.39, 0.29) is 25.5 Å². The Labute approximate surface area is 131 Å². The van der Waals surface area contributed by atoms with Crippen LogP contribution in [0.15, 0.2) is 24.3 Å². The highest BCUT2D eigenvalue weighted by atomic mass is 19.4. The molecular formula is C15H18F3NO4. The van der Waals surface area contributed by atoms with Crippen molar-refractivity contribution in [3.8, 4) is 0 Å². The maximum Gasteiger partial charge on any atom is 0.416 e. The molecule has 0 saturated heterocycles. The van der Waals surface area contributed by atoms with Gasteiger partial charge in [-0.3, -0.25) is 4.79 Å². The van der Waals surface area contributed by atoms with E-state index in [0.29, 0.717) is 18.4 Å². The van der Waals surface area contributed by atoms with Crippen LogP contribution in [0.5, 0.6) is 0 Å². The second-order valence-corrected chi connectivity index (χ2v) is 4.85. The average molecular weight is 333 g/mol. The van der Waals surface area contributed by atoms with Crippen molar-refractivity contribution in [3.05, 3.63) is 35.4 Å². The van der Waals surface area contributed by atoms with E-state index in [2.05, 4.69) is 5.32 Å². The highest BCUT2D eigenvalue weighted by molar-refractivity contribution is 5.75. The molecule has 1 amide bonds. The summed E-state index contributed by atoms with van der Waals surface area (Å²) in [5.74, 6) is -1.34. The fraction of sp³-hybridized carbons (Fsp3) is 0.467. The largest absolute Gasteiger partial charge is 0.480 e. The van der Waals surface area contributed by atoms with Gasteiger partial charge in [-0.2, -0.15) is 13.2 Å². The number of carboxylic acid groups (broad SMARTS) is 1. The minimum Gasteiger partial charge on any atom is -0.480 e. The summed E-state index contributed by atoms with van der Waals surface area (Å²) in [4.78, 5) is 21.7. The van der Waals surface area contributed by atoms with Crippen molar-refractivity contribution >= 4 is 11.9 Å². The number of rotatable bonds is 9. The highest BCUT2D eigenvalue weighted by Gasteiger charge is 2.30. The SMILES string of the molecule is O=C(O)COCCNC(=O)CCCc1cccc(C(F)(F)F)c1. The summed E-state index contributed by atoms with van der Waals surface area (Å²) in [6, 6.07) is 5.02. The zero-order valence-electron chi connectivity index (χ0n) is 12.4. The van der Waals surface area contributed by atoms with E-state index in [4.69, 9.17) is 9.84 Å². The van der Waals surface area contributed by atoms with Crippen LogP contribution in [-0.2, 0) is 26.9 Å². The number of halogens is 3. The lowest BCUT2D eigenvalue weighted by molar-refractivity contribution is -0.142. The Bertz CT molecular complexity index is 532. The van der Waals surface area contributed by atoms with Gasteiger partial charge in [0, 0.05) is 13.0 Å². The van der Waals surface area contributed by atoms with Crippen LogP contribution in [0.2, 0.25) is 0 Å². The van der Waals surface area contributed by atoms with Gasteiger partial charge in [-0.25, -0.2) is 4.79 Å². The van der Waals surface area contributed by atoms with E-state index in [1.165, 1.54) is 6.07 Å². The van der Waals surface area contributed by atoms with Gasteiger partial charge in [-0.1, -0.05) is 18.2 Å². The second-order valence-electron chi connectivity index (χ2n) is 4.85. The molecular weight excluding hydrogens is 315 g/mol. The predicted octanol–water partition coefficient (Wildman–Crippen LogP) is 2.25. The molecule has 0 aromatic heterocycles. The summed E-state index contributed by atoms with van der Waals surface area (Å²) in [5.41, 5.74) is -0.174. The van der Waals surface area contributed by atoms with Crippen LogP contribution in [0, 0.1) is 0 Å². The van der Waals surface area contributed by atoms with Crippen LogP contribution in [0.25, 0.3) is 0 Å². The maximum atomic E-state index is 12.6. The first-order valence-corrected chi connectivity index (χ1v) is 7.01. The zero-order chi connectivity index (χ0) is 17.3. The number of ether oxygens (including phenoxy) is 1. The molecule has 8 heteroatoms. The third-order valence-electron chi connectivity index (χ3n) is 2.92. The fourth-order valence-electron chi connectivity index (χ4n) is 1.87. The third-order valence-corrected chi connectivity index (χ3v) is 2.92. The van der Waals surface area contributed by atoms with Gasteiger partial charge in [0.15, 0.2) is 0 Å². The van der Waals surface area contributed by atoms with Crippen LogP contribution in [0.4, 0.5) is 13.2 Å². The number of carbonyl (C=O) groups excluding carboxylic acids is 1. The van der Waals surface area contributed by atoms with Gasteiger partial charge in [-0.05, 0) is 24.5 Å². The molecule has 128 valence electrons. The number of carbonyl (C=O) groups is 2. The van der Waals surface area contributed by atoms with Gasteiger partial charge in [0.2, 0.25) is 5.91 Å². The van der Waals surface area contributed by atoms with Gasteiger partial charge >= 0.3 is 12.1 Å². The number of hydrogen-bond acceptors (Lipinski definition) is 3. The van der Waals surface area contributed by atoms with Gasteiger partial charge < -0.3 is 15.2 Å². The molecule has 0 aliphatic heterocycles. The first-order chi connectivity index (χ1) is 10.8. The van der Waals surface area contributed by atoms with Crippen molar-refractivity contribution in [2.24, 2.45) is 0 Å². The Morgan fingerprint density at radius 1 is 1.26 bits per heavy atom. The number of aliphatic carboxylic acids is 1. The Balaban J connectivity index is 2.23. The molecule has 0 heterocycles. The van der Waals surface area contributed by atoms with E-state index in [9.17, 15) is 22.8 Å². The molecule has 0 fully saturated rings. The predicted molar refractivity (Wildman–Crippen MR) is 75.8 cm³/mol. The lowest BCUT2D eigenvalue weighted by Gasteiger charge is -2.09. The summed E-state index contributed by atoms with van der Waals surface area (Å²) in [6.07, 6.45) is -3.41. The summed E-state index contributed by atoms with van der Waals surface area (Å²) < 4.78 is 42.4. The summed E-state index contributed by atoms with van der Waals surface area (Å²) in [7, 11) is 0. The minimum absolute atomic E-state index is 0.0890. The standard InChI is InChI=1S/C15H18F3NO4/c16-15(17,18)12-5-1-3-11(9-12)4-2-6-13(20)19-7-8-23-10-14(21)22/h1,3,5,9H,2,4,6-8,10H2,(H,19,20)(H,21,22). The number of alkyl halides is 3. The fourth-order valence-corrected chi connectivity index (χ4v) is 1.87. The van der Waals surface area contributed by atoms with Crippen LogP contribution >= 0.6 is 0 Å². The van der Waals surface area contributed by atoms with Crippen LogP contribution in [0.3, 0.4) is 0 Å². The monoisotopic (exact) mass is 333 g/mol. The van der Waals surface area contributed by atoms with Crippen molar-refractivity contribution in [1.82, 2.24) is 5.32 Å². The van der Waals surface area contributed by atoms with Crippen molar-refractivity contribution in [3.63, 3.8) is 0 Å². The average Bonchev–Trinajstić information content (AvgIpc) is 2.46. The second kappa shape index (κ2) is 9.14. The Morgan fingerprint density at radius 2 is 2.00 bits per heavy atom. The molecule has 0 aliphatic carbocycles. The number of amides is 1. The molecule has 0 saturated carbocycles. The molecule has 0 spiro atoms. The normalized spacial score (nSPS) is 11.3. The van der Waals surface area contributed by atoms with Crippen LogP contribution in [-0.4, -0.2) is 36.7 Å². The Morgan fingerprint density at radius 3 is 2.65 bits per heavy atom. The molecule has 1 rings (SSSR count). The van der Waals surface area contributed by atoms with Gasteiger partial charge in [0.05, 0.1) is 12.2 Å². The Kier molecular flexibility index (Phi) is 7.53. The van der Waals surface area contributed by atoms with E-state index in [1.54, 1.807) is 6.07 Å². The lowest BCUT2D eigenvalue weighted by atomic mass is 10.0. The first-order valence-electron chi connectivity index (χ1n) is 7.01. The van der Waals surface area contributed by atoms with Gasteiger partial charge in [0.1, 0.15) is 6.61 Å². The minimum atomic E-state index is -4.37. The molecule has 2 N–H and O–H groups in total. The van der Waals surface area contributed by atoms with E-state index in [0.717, 1.165) is 12.1 Å². The van der Waals surface area contributed by atoms with Crippen molar-refractivity contribution in [1.29, 1.82) is 0 Å². The topological polar surface area (TPSA) is 75.6 Å². The molecule has 1 aromatic carbocycles. The van der Waals surface area contributed by atoms with Crippen molar-refractivity contribution < 1.29 is 32.6 Å². The van der Waals surface area contributed by atoms with Crippen LogP contribution in [0.1, 0.15) is 24.0 Å². The smallest absolute Gasteiger partial charge is 0.416 e. The number of nitrogens with one attached hydrogen (secondary N) is 1. The molecule has 0 radical (unpaired) electrons. The molecule has 0 unspecified atom stereocenters. The van der Waals surface area contributed by atoms with Gasteiger partial charge in [-0.15, -0.1) is 0 Å². The zero-order valence-corrected chi connectivity index (χ0v) is 12.4. The molecule has 23 heavy (non-hydrogen) atoms.